The van der Waals surface area contributed by atoms with Crippen LogP contribution in [0.3, 0.4) is 0 Å². The van der Waals surface area contributed by atoms with Gasteiger partial charge in [-0.25, -0.2) is 0 Å². The molecule has 0 atom stereocenters. The average molecular weight is 646 g/mol. The molecule has 0 unspecified atom stereocenters. The maximum atomic E-state index is 14.3. The Morgan fingerprint density at radius 2 is 0.792 bits per heavy atom. The van der Waals surface area contributed by atoms with Crippen LogP contribution >= 0.6 is 0 Å². The third-order valence-electron chi connectivity index (χ3n) is 7.26. The summed E-state index contributed by atoms with van der Waals surface area (Å²) >= 11 is 0. The molecule has 0 saturated heterocycles. The zero-order valence-corrected chi connectivity index (χ0v) is 27.6. The van der Waals surface area contributed by atoms with Crippen LogP contribution in [0.2, 0.25) is 0 Å². The number of carbonyl (C=O) groups excluding carboxylic acids is 2. The fourth-order valence-corrected chi connectivity index (χ4v) is 5.12. The second-order valence-electron chi connectivity index (χ2n) is 10.4. The second kappa shape index (κ2) is 16.1. The maximum absolute atomic E-state index is 14.3. The monoisotopic (exact) mass is 645 g/mol. The molecule has 0 N–H and O–H groups in total. The van der Waals surface area contributed by atoms with Crippen molar-refractivity contribution < 1.29 is 28.5 Å². The predicted octanol–water partition coefficient (Wildman–Crippen LogP) is 8.63. The van der Waals surface area contributed by atoms with E-state index < -0.39 is 5.91 Å². The quantitative estimate of drug-likeness (QED) is 0.119. The van der Waals surface area contributed by atoms with Crippen LogP contribution in [0.5, 0.6) is 23.0 Å². The van der Waals surface area contributed by atoms with Crippen LogP contribution in [0.1, 0.15) is 48.5 Å². The highest BCUT2D eigenvalue weighted by atomic mass is 16.5. The highest BCUT2D eigenvalue weighted by molar-refractivity contribution is 6.14. The van der Waals surface area contributed by atoms with Gasteiger partial charge >= 0.3 is 0 Å². The molecule has 1 aromatic heterocycles. The topological polar surface area (TPSA) is 90.4 Å². The number of hydrogen-bond acceptors (Lipinski definition) is 7. The normalized spacial score (nSPS) is 10.6. The lowest BCUT2D eigenvalue weighted by Crippen LogP contribution is -2.29. The van der Waals surface area contributed by atoms with Gasteiger partial charge < -0.3 is 18.9 Å². The van der Waals surface area contributed by atoms with Crippen LogP contribution in [0.25, 0.3) is 0 Å². The molecule has 48 heavy (non-hydrogen) atoms. The molecule has 0 bridgehead atoms. The van der Waals surface area contributed by atoms with Crippen molar-refractivity contribution in [3.05, 3.63) is 127 Å². The molecule has 5 aromatic rings. The molecule has 4 aromatic carbocycles. The SMILES string of the molecule is CCOc1ccc(N(C(=O)c2ccnc(C(=O)N(c3ccc(OCC)cc3)c3ccc(OCC)cc3)c2)c2ccc(OCC)cc2)cc1. The minimum Gasteiger partial charge on any atom is -0.494 e. The Kier molecular flexibility index (Phi) is 11.3. The van der Waals surface area contributed by atoms with Gasteiger partial charge in [0.15, 0.2) is 0 Å². The first kappa shape index (κ1) is 33.5. The van der Waals surface area contributed by atoms with Gasteiger partial charge in [-0.05, 0) is 137 Å². The first-order valence-corrected chi connectivity index (χ1v) is 16.0. The molecule has 9 heteroatoms. The summed E-state index contributed by atoms with van der Waals surface area (Å²) in [4.78, 5) is 36.2. The standard InChI is InChI=1S/C39H39N3O6/c1-5-45-33-17-9-29(10-18-33)41(30-11-19-34(20-12-30)46-6-2)38(43)28-25-26-40-37(27-28)39(44)42(31-13-21-35(22-14-31)47-7-3)32-15-23-36(24-16-32)48-8-4/h9-27H,5-8H2,1-4H3. The Morgan fingerprint density at radius 3 is 1.10 bits per heavy atom. The van der Waals surface area contributed by atoms with Crippen molar-refractivity contribution in [2.24, 2.45) is 0 Å². The van der Waals surface area contributed by atoms with E-state index >= 15 is 0 Å². The molecule has 0 saturated carbocycles. The molecule has 0 radical (unpaired) electrons. The zero-order chi connectivity index (χ0) is 33.9. The highest BCUT2D eigenvalue weighted by Crippen LogP contribution is 2.33. The molecule has 0 spiro atoms. The van der Waals surface area contributed by atoms with Gasteiger partial charge in [-0.1, -0.05) is 0 Å². The first-order chi connectivity index (χ1) is 23.4. The van der Waals surface area contributed by atoms with Crippen molar-refractivity contribution in [2.45, 2.75) is 27.7 Å². The molecule has 0 aliphatic heterocycles. The molecule has 0 aliphatic rings. The molecule has 9 nitrogen and oxygen atoms in total. The number of pyridine rings is 1. The van der Waals surface area contributed by atoms with Crippen molar-refractivity contribution in [1.29, 1.82) is 0 Å². The Balaban J connectivity index is 1.52. The third-order valence-corrected chi connectivity index (χ3v) is 7.26. The number of hydrogen-bond donors (Lipinski definition) is 0. The number of anilines is 4. The number of rotatable bonds is 14. The first-order valence-electron chi connectivity index (χ1n) is 16.0. The maximum Gasteiger partial charge on any atom is 0.281 e. The van der Waals surface area contributed by atoms with Crippen molar-refractivity contribution in [3.8, 4) is 23.0 Å². The molecule has 5 rings (SSSR count). The molecule has 0 aliphatic carbocycles. The lowest BCUT2D eigenvalue weighted by Gasteiger charge is -2.25. The summed E-state index contributed by atoms with van der Waals surface area (Å²) in [6.07, 6.45) is 1.48. The third kappa shape index (κ3) is 7.93. The lowest BCUT2D eigenvalue weighted by atomic mass is 10.1. The minimum atomic E-state index is -0.411. The summed E-state index contributed by atoms with van der Waals surface area (Å²) in [7, 11) is 0. The van der Waals surface area contributed by atoms with Gasteiger partial charge in [0.1, 0.15) is 28.7 Å². The van der Waals surface area contributed by atoms with Crippen LogP contribution in [0.15, 0.2) is 115 Å². The fraction of sp³-hybridized carbons (Fsp3) is 0.205. The van der Waals surface area contributed by atoms with Crippen LogP contribution in [-0.4, -0.2) is 43.2 Å². The molecule has 2 amide bonds. The van der Waals surface area contributed by atoms with Crippen LogP contribution < -0.4 is 28.7 Å². The Hall–Kier alpha value is -5.83. The average Bonchev–Trinajstić information content (AvgIpc) is 3.12. The van der Waals surface area contributed by atoms with Gasteiger partial charge in [0.2, 0.25) is 0 Å². The Labute approximate surface area is 281 Å². The van der Waals surface area contributed by atoms with E-state index in [1.807, 2.05) is 125 Å². The molecule has 246 valence electrons. The summed E-state index contributed by atoms with van der Waals surface area (Å²) in [6.45, 7) is 9.76. The van der Waals surface area contributed by atoms with Gasteiger partial charge in [0.05, 0.1) is 26.4 Å². The van der Waals surface area contributed by atoms with E-state index in [4.69, 9.17) is 18.9 Å². The van der Waals surface area contributed by atoms with E-state index in [-0.39, 0.29) is 17.2 Å². The van der Waals surface area contributed by atoms with Crippen LogP contribution in [0.4, 0.5) is 22.7 Å². The lowest BCUT2D eigenvalue weighted by molar-refractivity contribution is 0.0994. The van der Waals surface area contributed by atoms with Gasteiger partial charge in [-0.3, -0.25) is 24.4 Å². The largest absolute Gasteiger partial charge is 0.494 e. The van der Waals surface area contributed by atoms with E-state index in [1.54, 1.807) is 15.9 Å². The predicted molar refractivity (Wildman–Crippen MR) is 188 cm³/mol. The van der Waals surface area contributed by atoms with E-state index in [0.29, 0.717) is 72.2 Å². The number of amides is 2. The van der Waals surface area contributed by atoms with Gasteiger partial charge in [-0.15, -0.1) is 0 Å². The van der Waals surface area contributed by atoms with E-state index in [9.17, 15) is 9.59 Å². The number of carbonyl (C=O) groups is 2. The highest BCUT2D eigenvalue weighted by Gasteiger charge is 2.25. The smallest absolute Gasteiger partial charge is 0.281 e. The van der Waals surface area contributed by atoms with E-state index in [0.717, 1.165) is 0 Å². The number of aromatic nitrogens is 1. The summed E-state index contributed by atoms with van der Waals surface area (Å²) in [5.41, 5.74) is 2.86. The Morgan fingerprint density at radius 1 is 0.479 bits per heavy atom. The number of ether oxygens (including phenoxy) is 4. The summed E-state index contributed by atoms with van der Waals surface area (Å²) < 4.78 is 22.5. The van der Waals surface area contributed by atoms with E-state index in [1.165, 1.54) is 12.3 Å². The van der Waals surface area contributed by atoms with Crippen molar-refractivity contribution in [1.82, 2.24) is 4.98 Å². The second-order valence-corrected chi connectivity index (χ2v) is 10.4. The minimum absolute atomic E-state index is 0.0990. The van der Waals surface area contributed by atoms with Crippen LogP contribution in [-0.2, 0) is 0 Å². The number of benzene rings is 4. The summed E-state index contributed by atoms with van der Waals surface area (Å²) in [5.74, 6) is 2.02. The molecular weight excluding hydrogens is 606 g/mol. The zero-order valence-electron chi connectivity index (χ0n) is 27.6. The van der Waals surface area contributed by atoms with Gasteiger partial charge in [0.25, 0.3) is 11.8 Å². The van der Waals surface area contributed by atoms with Crippen LogP contribution in [0, 0.1) is 0 Å². The van der Waals surface area contributed by atoms with Crippen molar-refractivity contribution in [2.75, 3.05) is 36.2 Å². The molecular formula is C39H39N3O6. The van der Waals surface area contributed by atoms with Crippen molar-refractivity contribution >= 4 is 34.6 Å². The Bertz CT molecular complexity index is 1560. The van der Waals surface area contributed by atoms with Gasteiger partial charge in [-0.2, -0.15) is 0 Å². The molecule has 0 fully saturated rings. The number of nitrogens with zero attached hydrogens (tertiary/aromatic N) is 3. The fourth-order valence-electron chi connectivity index (χ4n) is 5.12. The molecule has 1 heterocycles. The van der Waals surface area contributed by atoms with Crippen molar-refractivity contribution in [3.63, 3.8) is 0 Å². The van der Waals surface area contributed by atoms with Gasteiger partial charge in [0, 0.05) is 34.5 Å². The van der Waals surface area contributed by atoms with E-state index in [2.05, 4.69) is 4.98 Å². The summed E-state index contributed by atoms with van der Waals surface area (Å²) in [6, 6.07) is 32.2. The summed E-state index contributed by atoms with van der Waals surface area (Å²) in [5, 5.41) is 0.